The summed E-state index contributed by atoms with van der Waals surface area (Å²) in [5.74, 6) is 0.135. The van der Waals surface area contributed by atoms with Gasteiger partial charge in [0.1, 0.15) is 11.6 Å². The Hall–Kier alpha value is -2.19. The number of esters is 1. The van der Waals surface area contributed by atoms with Crippen LogP contribution >= 0.6 is 28.1 Å². The van der Waals surface area contributed by atoms with Crippen molar-refractivity contribution in [3.05, 3.63) is 55.9 Å². The molecule has 1 aromatic carbocycles. The van der Waals surface area contributed by atoms with E-state index >= 15 is 0 Å². The highest BCUT2D eigenvalue weighted by atomic mass is 79.9. The molecule has 1 aliphatic rings. The van der Waals surface area contributed by atoms with Crippen LogP contribution in [-0.4, -0.2) is 22.0 Å². The molecule has 2 aromatic rings. The number of allylic oxidation sites excluding steroid dienone is 1. The summed E-state index contributed by atoms with van der Waals surface area (Å²) in [5, 5.41) is 3.15. The number of carbonyl (C=O) groups excluding carboxylic acids is 1. The van der Waals surface area contributed by atoms with Crippen LogP contribution in [0.15, 0.2) is 40.0 Å². The van der Waals surface area contributed by atoms with Gasteiger partial charge in [-0.1, -0.05) is 28.1 Å². The Morgan fingerprint density at radius 2 is 2.00 bits per heavy atom. The lowest BCUT2D eigenvalue weighted by atomic mass is 9.82. The SMILES string of the molecule is CC1=C(C(=O)OC(C)C)C(c2ccc(Br)cc2)c2c(nc(=S)[nH]c2N)N1. The van der Waals surface area contributed by atoms with Gasteiger partial charge in [0.15, 0.2) is 4.77 Å². The number of benzene rings is 1. The van der Waals surface area contributed by atoms with E-state index in [9.17, 15) is 4.79 Å². The molecule has 136 valence electrons. The fourth-order valence-electron chi connectivity index (χ4n) is 3.03. The molecule has 6 nitrogen and oxygen atoms in total. The van der Waals surface area contributed by atoms with E-state index in [1.54, 1.807) is 0 Å². The highest BCUT2D eigenvalue weighted by molar-refractivity contribution is 9.10. The maximum Gasteiger partial charge on any atom is 0.337 e. The normalized spacial score (nSPS) is 16.3. The second kappa shape index (κ2) is 7.20. The number of anilines is 2. The molecule has 0 amide bonds. The molecule has 0 aliphatic carbocycles. The number of fused-ring (bicyclic) bond motifs is 1. The van der Waals surface area contributed by atoms with E-state index in [0.29, 0.717) is 28.5 Å². The summed E-state index contributed by atoms with van der Waals surface area (Å²) in [6.45, 7) is 5.46. The zero-order chi connectivity index (χ0) is 19.0. The topological polar surface area (TPSA) is 93.0 Å². The first-order valence-corrected chi connectivity index (χ1v) is 9.32. The van der Waals surface area contributed by atoms with Crippen molar-refractivity contribution in [2.45, 2.75) is 32.8 Å². The van der Waals surface area contributed by atoms with Gasteiger partial charge in [0, 0.05) is 15.7 Å². The number of halogens is 1. The van der Waals surface area contributed by atoms with Crippen LogP contribution in [0.4, 0.5) is 11.6 Å². The quantitative estimate of drug-likeness (QED) is 0.493. The van der Waals surface area contributed by atoms with E-state index in [1.165, 1.54) is 0 Å². The summed E-state index contributed by atoms with van der Waals surface area (Å²) < 4.78 is 6.70. The number of nitrogens with one attached hydrogen (secondary N) is 2. The Kier molecular flexibility index (Phi) is 5.15. The highest BCUT2D eigenvalue weighted by Crippen LogP contribution is 2.43. The molecule has 0 bridgehead atoms. The smallest absolute Gasteiger partial charge is 0.337 e. The van der Waals surface area contributed by atoms with E-state index < -0.39 is 5.92 Å². The molecule has 1 unspecified atom stereocenters. The van der Waals surface area contributed by atoms with Crippen LogP contribution in [0, 0.1) is 4.77 Å². The molecule has 0 radical (unpaired) electrons. The molecule has 1 aliphatic heterocycles. The third-order valence-corrected chi connectivity index (χ3v) is 4.78. The molecule has 2 heterocycles. The van der Waals surface area contributed by atoms with Crippen LogP contribution in [0.5, 0.6) is 0 Å². The summed E-state index contributed by atoms with van der Waals surface area (Å²) in [5.41, 5.74) is 8.99. The van der Waals surface area contributed by atoms with Gasteiger partial charge in [0.25, 0.3) is 0 Å². The van der Waals surface area contributed by atoms with Gasteiger partial charge in [-0.15, -0.1) is 0 Å². The van der Waals surface area contributed by atoms with Gasteiger partial charge in [-0.05, 0) is 50.7 Å². The number of aromatic amines is 1. The Morgan fingerprint density at radius 1 is 1.35 bits per heavy atom. The lowest BCUT2D eigenvalue weighted by molar-refractivity contribution is -0.142. The van der Waals surface area contributed by atoms with Gasteiger partial charge in [-0.25, -0.2) is 9.78 Å². The number of nitrogens with two attached hydrogens (primary N) is 1. The number of nitrogens with zero attached hydrogens (tertiary/aromatic N) is 1. The second-order valence-corrected chi connectivity index (χ2v) is 7.62. The number of carbonyl (C=O) groups is 1. The minimum Gasteiger partial charge on any atom is -0.460 e. The van der Waals surface area contributed by atoms with E-state index in [1.807, 2.05) is 45.0 Å². The molecule has 26 heavy (non-hydrogen) atoms. The number of H-pyrrole nitrogens is 1. The first kappa shape index (κ1) is 18.6. The van der Waals surface area contributed by atoms with E-state index in [-0.39, 0.29) is 16.8 Å². The van der Waals surface area contributed by atoms with Gasteiger partial charge >= 0.3 is 5.97 Å². The minimum atomic E-state index is -0.412. The largest absolute Gasteiger partial charge is 0.460 e. The van der Waals surface area contributed by atoms with Gasteiger partial charge in [0.05, 0.1) is 17.6 Å². The van der Waals surface area contributed by atoms with Crippen molar-refractivity contribution >= 4 is 45.8 Å². The van der Waals surface area contributed by atoms with Crippen LogP contribution in [0.1, 0.15) is 37.8 Å². The van der Waals surface area contributed by atoms with Crippen molar-refractivity contribution < 1.29 is 9.53 Å². The molecule has 1 aromatic heterocycles. The second-order valence-electron chi connectivity index (χ2n) is 6.32. The monoisotopic (exact) mass is 434 g/mol. The van der Waals surface area contributed by atoms with Crippen molar-refractivity contribution in [1.82, 2.24) is 9.97 Å². The number of hydrogen-bond donors (Lipinski definition) is 3. The minimum absolute atomic E-state index is 0.230. The zero-order valence-corrected chi connectivity index (χ0v) is 17.0. The molecular weight excluding hydrogens is 416 g/mol. The number of hydrogen-bond acceptors (Lipinski definition) is 6. The molecule has 0 saturated carbocycles. The fraction of sp³-hybridized carbons (Fsp3) is 0.278. The summed E-state index contributed by atoms with van der Waals surface area (Å²) in [7, 11) is 0. The molecular formula is C18H19BrN4O2S. The number of nitrogen functional groups attached to an aromatic ring is 1. The number of rotatable bonds is 3. The third kappa shape index (κ3) is 3.52. The van der Waals surface area contributed by atoms with Crippen LogP contribution in [0.25, 0.3) is 0 Å². The lowest BCUT2D eigenvalue weighted by Crippen LogP contribution is -2.27. The van der Waals surface area contributed by atoms with Crippen LogP contribution in [0.2, 0.25) is 0 Å². The van der Waals surface area contributed by atoms with E-state index in [0.717, 1.165) is 10.0 Å². The molecule has 8 heteroatoms. The average Bonchev–Trinajstić information content (AvgIpc) is 2.53. The standard InChI is InChI=1S/C18H19BrN4O2S/c1-8(2)25-17(24)12-9(3)21-16-14(15(20)22-18(26)23-16)13(12)10-4-6-11(19)7-5-10/h4-8,13H,1-3H3,(H4,20,21,22,23,26). The number of aromatic nitrogens is 2. The predicted molar refractivity (Wildman–Crippen MR) is 107 cm³/mol. The average molecular weight is 435 g/mol. The van der Waals surface area contributed by atoms with Crippen LogP contribution in [-0.2, 0) is 9.53 Å². The number of ether oxygens (including phenoxy) is 1. The Balaban J connectivity index is 2.23. The van der Waals surface area contributed by atoms with Crippen LogP contribution < -0.4 is 11.1 Å². The van der Waals surface area contributed by atoms with Crippen molar-refractivity contribution in [3.8, 4) is 0 Å². The maximum atomic E-state index is 12.8. The van der Waals surface area contributed by atoms with Gasteiger partial charge in [-0.3, -0.25) is 0 Å². The first-order chi connectivity index (χ1) is 12.3. The van der Waals surface area contributed by atoms with Gasteiger partial charge < -0.3 is 20.8 Å². The van der Waals surface area contributed by atoms with Gasteiger partial charge in [-0.2, -0.15) is 0 Å². The molecule has 3 rings (SSSR count). The van der Waals surface area contributed by atoms with Gasteiger partial charge in [0.2, 0.25) is 0 Å². The summed E-state index contributed by atoms with van der Waals surface area (Å²) in [4.78, 5) is 20.1. The Labute approximate surface area is 165 Å². The molecule has 0 spiro atoms. The van der Waals surface area contributed by atoms with Crippen LogP contribution in [0.3, 0.4) is 0 Å². The van der Waals surface area contributed by atoms with Crippen molar-refractivity contribution in [1.29, 1.82) is 0 Å². The van der Waals surface area contributed by atoms with E-state index in [4.69, 9.17) is 22.7 Å². The Morgan fingerprint density at radius 3 is 2.62 bits per heavy atom. The summed E-state index contributed by atoms with van der Waals surface area (Å²) >= 11 is 8.57. The zero-order valence-electron chi connectivity index (χ0n) is 14.6. The third-order valence-electron chi connectivity index (χ3n) is 4.05. The molecule has 0 fully saturated rings. The summed E-state index contributed by atoms with van der Waals surface area (Å²) in [6, 6.07) is 7.74. The predicted octanol–water partition coefficient (Wildman–Crippen LogP) is 4.27. The maximum absolute atomic E-state index is 12.8. The van der Waals surface area contributed by atoms with Crippen molar-refractivity contribution in [3.63, 3.8) is 0 Å². The lowest BCUT2D eigenvalue weighted by Gasteiger charge is -2.30. The first-order valence-electron chi connectivity index (χ1n) is 8.12. The molecule has 0 saturated heterocycles. The summed E-state index contributed by atoms with van der Waals surface area (Å²) in [6.07, 6.45) is -0.230. The van der Waals surface area contributed by atoms with E-state index in [2.05, 4.69) is 31.2 Å². The van der Waals surface area contributed by atoms with Crippen molar-refractivity contribution in [2.75, 3.05) is 11.1 Å². The fourth-order valence-corrected chi connectivity index (χ4v) is 3.50. The highest BCUT2D eigenvalue weighted by Gasteiger charge is 2.36. The van der Waals surface area contributed by atoms with Crippen molar-refractivity contribution in [2.24, 2.45) is 0 Å². The molecule has 1 atom stereocenters. The Bertz CT molecular complexity index is 951. The molecule has 4 N–H and O–H groups in total.